The highest BCUT2D eigenvalue weighted by Crippen LogP contribution is 2.39. The fraction of sp³-hybridized carbons (Fsp3) is 0.375. The molecule has 0 bridgehead atoms. The van der Waals surface area contributed by atoms with E-state index in [2.05, 4.69) is 36.9 Å². The highest BCUT2D eigenvalue weighted by molar-refractivity contribution is 5.67. The van der Waals surface area contributed by atoms with Crippen molar-refractivity contribution >= 4 is 11.8 Å². The van der Waals surface area contributed by atoms with E-state index in [4.69, 9.17) is 15.5 Å². The van der Waals surface area contributed by atoms with E-state index in [1.807, 2.05) is 26.0 Å². The van der Waals surface area contributed by atoms with Crippen molar-refractivity contribution in [2.24, 2.45) is 0 Å². The van der Waals surface area contributed by atoms with E-state index in [1.54, 1.807) is 0 Å². The first-order valence-electron chi connectivity index (χ1n) is 10.6. The fourth-order valence-electron chi connectivity index (χ4n) is 4.58. The number of fused-ring (bicyclic) bond motifs is 1. The fourth-order valence-corrected chi connectivity index (χ4v) is 4.58. The minimum Gasteiger partial charge on any atom is -0.487 e. The van der Waals surface area contributed by atoms with Crippen molar-refractivity contribution in [1.29, 1.82) is 0 Å². The van der Waals surface area contributed by atoms with E-state index in [-0.39, 0.29) is 5.92 Å². The van der Waals surface area contributed by atoms with Gasteiger partial charge < -0.3 is 10.5 Å². The maximum atomic E-state index is 13.7. The molecule has 0 fully saturated rings. The molecular formula is C24H29FN5O+. The lowest BCUT2D eigenvalue weighted by molar-refractivity contribution is 0.252. The van der Waals surface area contributed by atoms with Crippen LogP contribution in [0.5, 0.6) is 5.75 Å². The molecule has 1 atom stereocenters. The molecule has 3 aromatic rings. The normalized spacial score (nSPS) is 18.4. The number of benzene rings is 1. The molecule has 0 saturated heterocycles. The van der Waals surface area contributed by atoms with Crippen molar-refractivity contribution in [2.75, 3.05) is 25.9 Å². The molecule has 3 heterocycles. The molecule has 0 amide bonds. The van der Waals surface area contributed by atoms with Gasteiger partial charge in [-0.05, 0) is 54.7 Å². The molecule has 7 heteroatoms. The molecule has 2 aromatic heterocycles. The van der Waals surface area contributed by atoms with E-state index in [0.29, 0.717) is 23.6 Å². The zero-order valence-electron chi connectivity index (χ0n) is 18.7. The van der Waals surface area contributed by atoms with Gasteiger partial charge in [-0.1, -0.05) is 13.8 Å². The number of anilines is 1. The number of hydrogen-bond donors (Lipinski definition) is 1. The topological polar surface area (TPSA) is 73.9 Å². The molecule has 1 aliphatic heterocycles. The van der Waals surface area contributed by atoms with Gasteiger partial charge in [0.25, 0.3) is 0 Å². The average molecular weight is 423 g/mol. The van der Waals surface area contributed by atoms with Gasteiger partial charge in [0.05, 0.1) is 18.3 Å². The average Bonchev–Trinajstić information content (AvgIpc) is 2.86. The number of nitrogens with zero attached hydrogens (tertiary/aromatic N) is 4. The van der Waals surface area contributed by atoms with Crippen LogP contribution in [0.2, 0.25) is 0 Å². The van der Waals surface area contributed by atoms with Gasteiger partial charge in [0.2, 0.25) is 17.7 Å². The number of nitrogens with two attached hydrogens (primary N) is 1. The van der Waals surface area contributed by atoms with Crippen LogP contribution in [0.4, 0.5) is 16.2 Å². The highest BCUT2D eigenvalue weighted by Gasteiger charge is 2.36. The number of pyridine rings is 1. The molecule has 2 N–H and O–H groups in total. The van der Waals surface area contributed by atoms with Crippen LogP contribution >= 0.6 is 0 Å². The maximum Gasteiger partial charge on any atom is 0.236 e. The van der Waals surface area contributed by atoms with Crippen LogP contribution in [0.1, 0.15) is 42.1 Å². The minimum atomic E-state index is -0.490. The van der Waals surface area contributed by atoms with Crippen LogP contribution in [0.25, 0.3) is 11.1 Å². The van der Waals surface area contributed by atoms with E-state index in [9.17, 15) is 4.39 Å². The Balaban J connectivity index is 1.85. The lowest BCUT2D eigenvalue weighted by atomic mass is 9.98. The minimum absolute atomic E-state index is 0.266. The quantitative estimate of drug-likeness (QED) is 0.496. The molecule has 6 nitrogen and oxygen atoms in total. The van der Waals surface area contributed by atoms with Crippen LogP contribution in [-0.4, -0.2) is 35.2 Å². The Morgan fingerprint density at radius 2 is 1.90 bits per heavy atom. The predicted molar refractivity (Wildman–Crippen MR) is 121 cm³/mol. The van der Waals surface area contributed by atoms with Gasteiger partial charge in [-0.3, -0.25) is 4.48 Å². The Hall–Kier alpha value is -3.06. The Bertz CT molecular complexity index is 1150. The molecule has 1 aromatic carbocycles. The number of aromatic nitrogens is 3. The van der Waals surface area contributed by atoms with Crippen molar-refractivity contribution in [2.45, 2.75) is 40.2 Å². The maximum absolute atomic E-state index is 13.7. The number of likely N-dealkylation sites (N-methyl/N-ethyl adjacent to an activating group) is 1. The third-order valence-electron chi connectivity index (χ3n) is 5.98. The number of nitrogen functional groups attached to an aromatic ring is 1. The van der Waals surface area contributed by atoms with E-state index >= 15 is 0 Å². The monoisotopic (exact) mass is 422 g/mol. The molecule has 31 heavy (non-hydrogen) atoms. The van der Waals surface area contributed by atoms with Gasteiger partial charge in [0.1, 0.15) is 25.4 Å². The van der Waals surface area contributed by atoms with Gasteiger partial charge in [-0.15, -0.1) is 0 Å². The van der Waals surface area contributed by atoms with Gasteiger partial charge in [-0.25, -0.2) is 9.97 Å². The van der Waals surface area contributed by atoms with Crippen molar-refractivity contribution in [3.05, 3.63) is 58.8 Å². The van der Waals surface area contributed by atoms with Gasteiger partial charge in [-0.2, -0.15) is 9.37 Å². The SMILES string of the molecule is Cc1cc(-c2ccnc(F)c2)cc2c1OCC[N+](C)(c1nc(N)nc(C)c1C(C)C)C2. The van der Waals surface area contributed by atoms with Crippen LogP contribution < -0.4 is 15.0 Å². The van der Waals surface area contributed by atoms with E-state index in [0.717, 1.165) is 51.6 Å². The summed E-state index contributed by atoms with van der Waals surface area (Å²) in [5, 5.41) is 0. The molecule has 0 spiro atoms. The largest absolute Gasteiger partial charge is 0.487 e. The molecule has 0 saturated carbocycles. The van der Waals surface area contributed by atoms with Gasteiger partial charge in [0.15, 0.2) is 0 Å². The van der Waals surface area contributed by atoms with Gasteiger partial charge in [0, 0.05) is 17.8 Å². The smallest absolute Gasteiger partial charge is 0.236 e. The second kappa shape index (κ2) is 7.89. The second-order valence-electron chi connectivity index (χ2n) is 8.83. The summed E-state index contributed by atoms with van der Waals surface area (Å²) in [6.45, 7) is 10.3. The summed E-state index contributed by atoms with van der Waals surface area (Å²) in [5.74, 6) is 1.90. The van der Waals surface area contributed by atoms with Crippen LogP contribution in [0.3, 0.4) is 0 Å². The standard InChI is InChI=1S/C24H29FN5O/c1-14(2)21-16(4)28-24(26)29-23(21)30(5)8-9-31-22-15(3)10-18(11-19(22)13-30)17-6-7-27-20(25)12-17/h6-7,10-12,14H,8-9,13H2,1-5H3,(H2,26,28,29)/q+1. The van der Waals surface area contributed by atoms with Crippen molar-refractivity contribution < 1.29 is 9.13 Å². The third kappa shape index (κ3) is 3.97. The van der Waals surface area contributed by atoms with E-state index in [1.165, 1.54) is 12.3 Å². The zero-order valence-corrected chi connectivity index (χ0v) is 18.7. The Morgan fingerprint density at radius 3 is 2.61 bits per heavy atom. The van der Waals surface area contributed by atoms with E-state index < -0.39 is 5.95 Å². The lowest BCUT2D eigenvalue weighted by Gasteiger charge is -2.33. The third-order valence-corrected chi connectivity index (χ3v) is 5.98. The molecule has 1 unspecified atom stereocenters. The van der Waals surface area contributed by atoms with Crippen molar-refractivity contribution in [1.82, 2.24) is 19.4 Å². The molecule has 1 aliphatic rings. The van der Waals surface area contributed by atoms with Crippen molar-refractivity contribution in [3.8, 4) is 16.9 Å². The molecule has 4 rings (SSSR count). The summed E-state index contributed by atoms with van der Waals surface area (Å²) in [4.78, 5) is 12.8. The van der Waals surface area contributed by atoms with Crippen LogP contribution in [0.15, 0.2) is 30.5 Å². The number of ether oxygens (including phenoxy) is 1. The molecule has 0 aliphatic carbocycles. The lowest BCUT2D eigenvalue weighted by Crippen LogP contribution is -2.47. The summed E-state index contributed by atoms with van der Waals surface area (Å²) in [7, 11) is 2.17. The summed E-state index contributed by atoms with van der Waals surface area (Å²) >= 11 is 0. The zero-order chi connectivity index (χ0) is 22.3. The number of rotatable bonds is 3. The van der Waals surface area contributed by atoms with Crippen molar-refractivity contribution in [3.63, 3.8) is 0 Å². The summed E-state index contributed by atoms with van der Waals surface area (Å²) in [5.41, 5.74) is 11.9. The Labute approximate surface area is 182 Å². The Kier molecular flexibility index (Phi) is 5.39. The molecule has 162 valence electrons. The Morgan fingerprint density at radius 1 is 1.13 bits per heavy atom. The summed E-state index contributed by atoms with van der Waals surface area (Å²) in [6.07, 6.45) is 1.49. The number of hydrogen-bond acceptors (Lipinski definition) is 5. The highest BCUT2D eigenvalue weighted by atomic mass is 19.1. The first-order valence-corrected chi connectivity index (χ1v) is 10.6. The van der Waals surface area contributed by atoms with Gasteiger partial charge >= 0.3 is 0 Å². The summed E-state index contributed by atoms with van der Waals surface area (Å²) < 4.78 is 20.5. The predicted octanol–water partition coefficient (Wildman–Crippen LogP) is 4.53. The van der Waals surface area contributed by atoms with Crippen LogP contribution in [0, 0.1) is 19.8 Å². The molecular weight excluding hydrogens is 393 g/mol. The second-order valence-corrected chi connectivity index (χ2v) is 8.83. The first kappa shape index (κ1) is 21.2. The molecule has 0 radical (unpaired) electrons. The number of halogens is 1. The first-order chi connectivity index (χ1) is 14.7. The van der Waals surface area contributed by atoms with Crippen LogP contribution in [-0.2, 0) is 6.54 Å². The summed E-state index contributed by atoms with van der Waals surface area (Å²) in [6, 6.07) is 7.40. The number of aryl methyl sites for hydroxylation is 2. The number of quaternary nitrogens is 1.